The zero-order valence-corrected chi connectivity index (χ0v) is 20.5. The number of benzene rings is 2. The number of aliphatic imine (C=N–C) groups is 1. The van der Waals surface area contributed by atoms with Crippen molar-refractivity contribution >= 4 is 24.2 Å². The van der Waals surface area contributed by atoms with Crippen LogP contribution in [-0.2, 0) is 27.0 Å². The quantitative estimate of drug-likeness (QED) is 0.293. The van der Waals surface area contributed by atoms with Crippen molar-refractivity contribution in [3.8, 4) is 6.07 Å². The number of hydrogen-bond donors (Lipinski definition) is 0. The molecule has 0 N–H and O–H groups in total. The van der Waals surface area contributed by atoms with Crippen molar-refractivity contribution in [1.82, 2.24) is 4.90 Å². The normalized spacial score (nSPS) is 21.8. The van der Waals surface area contributed by atoms with Crippen LogP contribution in [0.1, 0.15) is 36.5 Å². The molecule has 1 spiro atoms. The molecule has 1 aliphatic carbocycles. The first-order valence-electron chi connectivity index (χ1n) is 11.7. The summed E-state index contributed by atoms with van der Waals surface area (Å²) in [6.07, 6.45) is -2.62. The number of nitrogens with zero attached hydrogens (tertiary/aromatic N) is 4. The number of halogens is 4. The van der Waals surface area contributed by atoms with E-state index in [0.717, 1.165) is 23.1 Å². The highest BCUT2D eigenvalue weighted by atomic mass is 19.4. The third-order valence-electron chi connectivity index (χ3n) is 6.83. The summed E-state index contributed by atoms with van der Waals surface area (Å²) in [7, 11) is 0. The standard InChI is InChI=1S/C27H24F4N4O3/c1-17(33-2)15-38-16-20-10-26(11-20)25(37)34(23-8-5-19(12-32)9-22(23)28)14-24(36)35(26)13-18-3-6-21(7-4-18)27(29,30)31/h3-9,15,20H,2,10-11,13-14,16H2,1H3/b17-15-. The molecular formula is C27H24F4N4O3. The molecule has 2 fully saturated rings. The van der Waals surface area contributed by atoms with Gasteiger partial charge < -0.3 is 9.64 Å². The van der Waals surface area contributed by atoms with Gasteiger partial charge in [0.2, 0.25) is 5.91 Å². The van der Waals surface area contributed by atoms with Crippen molar-refractivity contribution in [3.63, 3.8) is 0 Å². The summed E-state index contributed by atoms with van der Waals surface area (Å²) >= 11 is 0. The highest BCUT2D eigenvalue weighted by Gasteiger charge is 2.60. The maximum absolute atomic E-state index is 14.8. The molecule has 1 saturated carbocycles. The van der Waals surface area contributed by atoms with Crippen molar-refractivity contribution in [1.29, 1.82) is 5.26 Å². The first-order chi connectivity index (χ1) is 18.0. The van der Waals surface area contributed by atoms with Gasteiger partial charge in [0.1, 0.15) is 24.2 Å². The number of alkyl halides is 3. The Hall–Kier alpha value is -4.20. The molecule has 0 aromatic heterocycles. The Kier molecular flexibility index (Phi) is 7.26. The van der Waals surface area contributed by atoms with Crippen LogP contribution in [0.15, 0.2) is 59.4 Å². The number of rotatable bonds is 7. The zero-order chi connectivity index (χ0) is 27.7. The molecule has 2 aliphatic rings. The van der Waals surface area contributed by atoms with E-state index in [4.69, 9.17) is 10.00 Å². The molecule has 1 aliphatic heterocycles. The lowest BCUT2D eigenvalue weighted by atomic mass is 9.65. The second-order valence-corrected chi connectivity index (χ2v) is 9.40. The summed E-state index contributed by atoms with van der Waals surface area (Å²) in [5.74, 6) is -1.89. The number of carbonyl (C=O) groups is 2. The summed E-state index contributed by atoms with van der Waals surface area (Å²) in [5.41, 5.74) is -1.20. The Bertz CT molecular complexity index is 1330. The van der Waals surface area contributed by atoms with Gasteiger partial charge in [-0.3, -0.25) is 19.5 Å². The number of piperazine rings is 1. The maximum atomic E-state index is 14.8. The van der Waals surface area contributed by atoms with Crippen molar-refractivity contribution in [2.45, 2.75) is 38.0 Å². The monoisotopic (exact) mass is 528 g/mol. The van der Waals surface area contributed by atoms with Gasteiger partial charge in [0.05, 0.1) is 35.2 Å². The molecule has 0 unspecified atom stereocenters. The molecule has 198 valence electrons. The van der Waals surface area contributed by atoms with E-state index in [0.29, 0.717) is 11.3 Å². The van der Waals surface area contributed by atoms with E-state index in [2.05, 4.69) is 11.7 Å². The molecule has 2 amide bonds. The number of allylic oxidation sites excluding steroid dienone is 1. The summed E-state index contributed by atoms with van der Waals surface area (Å²) in [6.45, 7) is 4.82. The van der Waals surface area contributed by atoms with Crippen LogP contribution >= 0.6 is 0 Å². The van der Waals surface area contributed by atoms with Crippen LogP contribution < -0.4 is 4.90 Å². The van der Waals surface area contributed by atoms with Crippen LogP contribution in [0.25, 0.3) is 0 Å². The zero-order valence-electron chi connectivity index (χ0n) is 20.5. The Morgan fingerprint density at radius 3 is 2.50 bits per heavy atom. The highest BCUT2D eigenvalue weighted by Crippen LogP contribution is 2.47. The lowest BCUT2D eigenvalue weighted by Crippen LogP contribution is -2.73. The van der Waals surface area contributed by atoms with E-state index in [1.807, 2.05) is 6.07 Å². The molecule has 1 saturated heterocycles. The highest BCUT2D eigenvalue weighted by molar-refractivity contribution is 6.09. The first-order valence-corrected chi connectivity index (χ1v) is 11.7. The van der Waals surface area contributed by atoms with E-state index in [1.165, 1.54) is 35.4 Å². The number of hydrogen-bond acceptors (Lipinski definition) is 5. The van der Waals surface area contributed by atoms with Gasteiger partial charge in [-0.2, -0.15) is 18.4 Å². The Morgan fingerprint density at radius 1 is 1.24 bits per heavy atom. The maximum Gasteiger partial charge on any atom is 0.416 e. The number of ether oxygens (including phenoxy) is 1. The lowest BCUT2D eigenvalue weighted by Gasteiger charge is -2.56. The average Bonchev–Trinajstić information content (AvgIpc) is 2.86. The molecule has 2 aromatic rings. The Labute approximate surface area is 216 Å². The summed E-state index contributed by atoms with van der Waals surface area (Å²) in [5, 5.41) is 9.03. The Morgan fingerprint density at radius 2 is 1.92 bits per heavy atom. The van der Waals surface area contributed by atoms with Crippen molar-refractivity contribution in [2.24, 2.45) is 10.9 Å². The summed E-state index contributed by atoms with van der Waals surface area (Å²) in [6, 6.07) is 9.86. The van der Waals surface area contributed by atoms with Crippen molar-refractivity contribution < 1.29 is 31.9 Å². The topological polar surface area (TPSA) is 86.0 Å². The van der Waals surface area contributed by atoms with E-state index >= 15 is 0 Å². The van der Waals surface area contributed by atoms with Crippen molar-refractivity contribution in [2.75, 3.05) is 18.1 Å². The number of anilines is 1. The van der Waals surface area contributed by atoms with Gasteiger partial charge in [-0.05, 0) is 68.3 Å². The lowest BCUT2D eigenvalue weighted by molar-refractivity contribution is -0.163. The van der Waals surface area contributed by atoms with E-state index in [-0.39, 0.29) is 43.2 Å². The second kappa shape index (κ2) is 10.3. The van der Waals surface area contributed by atoms with E-state index in [1.54, 1.807) is 6.92 Å². The number of carbonyl (C=O) groups excluding carboxylic acids is 2. The fourth-order valence-electron chi connectivity index (χ4n) is 4.86. The van der Waals surface area contributed by atoms with Gasteiger partial charge in [0, 0.05) is 6.54 Å². The van der Waals surface area contributed by atoms with Gasteiger partial charge in [-0.1, -0.05) is 12.1 Å². The van der Waals surface area contributed by atoms with E-state index in [9.17, 15) is 27.2 Å². The molecule has 4 rings (SSSR count). The fourth-order valence-corrected chi connectivity index (χ4v) is 4.86. The molecule has 0 radical (unpaired) electrons. The fraction of sp³-hybridized carbons (Fsp3) is 0.333. The Balaban J connectivity index is 1.62. The number of nitriles is 1. The first kappa shape index (κ1) is 26.9. The van der Waals surface area contributed by atoms with Gasteiger partial charge >= 0.3 is 6.18 Å². The minimum atomic E-state index is -4.50. The molecule has 0 atom stereocenters. The van der Waals surface area contributed by atoms with Crippen molar-refractivity contribution in [3.05, 3.63) is 76.9 Å². The van der Waals surface area contributed by atoms with E-state index < -0.39 is 41.5 Å². The number of amides is 2. The minimum absolute atomic E-state index is 0.0684. The third kappa shape index (κ3) is 5.11. The third-order valence-corrected chi connectivity index (χ3v) is 6.83. The van der Waals surface area contributed by atoms with Crippen LogP contribution in [0.4, 0.5) is 23.2 Å². The van der Waals surface area contributed by atoms with Crippen LogP contribution in [0, 0.1) is 23.1 Å². The predicted molar refractivity (Wildman–Crippen MR) is 130 cm³/mol. The predicted octanol–water partition coefficient (Wildman–Crippen LogP) is 4.82. The van der Waals surface area contributed by atoms with Gasteiger partial charge in [-0.25, -0.2) is 4.39 Å². The van der Waals surface area contributed by atoms with Gasteiger partial charge in [-0.15, -0.1) is 0 Å². The molecule has 7 nitrogen and oxygen atoms in total. The van der Waals surface area contributed by atoms with Crippen LogP contribution in [0.3, 0.4) is 0 Å². The average molecular weight is 529 g/mol. The largest absolute Gasteiger partial charge is 0.499 e. The SMILES string of the molecule is C=N/C(C)=C\OCC1CC2(C1)C(=O)N(c1ccc(C#N)cc1F)CC(=O)N2Cc1ccc(C(F)(F)F)cc1. The smallest absolute Gasteiger partial charge is 0.416 e. The van der Waals surface area contributed by atoms with Crippen LogP contribution in [0.2, 0.25) is 0 Å². The van der Waals surface area contributed by atoms with Crippen LogP contribution in [-0.4, -0.2) is 42.1 Å². The van der Waals surface area contributed by atoms with Gasteiger partial charge in [0.25, 0.3) is 5.91 Å². The molecular weight excluding hydrogens is 504 g/mol. The summed E-state index contributed by atoms with van der Waals surface area (Å²) in [4.78, 5) is 33.4. The second-order valence-electron chi connectivity index (χ2n) is 9.40. The molecule has 0 bridgehead atoms. The van der Waals surface area contributed by atoms with Gasteiger partial charge in [0.15, 0.2) is 0 Å². The molecule has 38 heavy (non-hydrogen) atoms. The molecule has 1 heterocycles. The molecule has 11 heteroatoms. The summed E-state index contributed by atoms with van der Waals surface area (Å²) < 4.78 is 59.3. The minimum Gasteiger partial charge on any atom is -0.499 e. The molecule has 2 aromatic carbocycles. The van der Waals surface area contributed by atoms with Crippen LogP contribution in [0.5, 0.6) is 0 Å².